The molecule has 0 unspecified atom stereocenters. The van der Waals surface area contributed by atoms with Crippen LogP contribution in [0.4, 0.5) is 26.3 Å². The molecule has 2 fully saturated rings. The van der Waals surface area contributed by atoms with Gasteiger partial charge in [-0.2, -0.15) is 10.1 Å². The van der Waals surface area contributed by atoms with Gasteiger partial charge in [-0.15, -0.1) is 0 Å². The number of ether oxygens (including phenoxy) is 2. The van der Waals surface area contributed by atoms with Crippen molar-refractivity contribution in [2.75, 3.05) is 39.4 Å². The molecule has 354 valence electrons. The maximum Gasteiger partial charge on any atom is 0.333 e. The molecule has 0 aromatic heterocycles. The van der Waals surface area contributed by atoms with Gasteiger partial charge in [0, 0.05) is 50.1 Å². The fraction of sp³-hybridized carbons (Fsp3) is 0.571. The lowest BCUT2D eigenvalue weighted by Gasteiger charge is -2.40. The van der Waals surface area contributed by atoms with Gasteiger partial charge in [0.15, 0.2) is 23.3 Å². The van der Waals surface area contributed by atoms with Crippen molar-refractivity contribution in [1.29, 1.82) is 0 Å². The van der Waals surface area contributed by atoms with Crippen LogP contribution in [0.2, 0.25) is 0 Å². The van der Waals surface area contributed by atoms with Gasteiger partial charge < -0.3 is 40.4 Å². The van der Waals surface area contributed by atoms with E-state index in [0.717, 1.165) is 9.80 Å². The molecule has 2 aromatic carbocycles. The van der Waals surface area contributed by atoms with Gasteiger partial charge in [-0.05, 0) is 77.6 Å². The van der Waals surface area contributed by atoms with Gasteiger partial charge >= 0.3 is 11.9 Å². The van der Waals surface area contributed by atoms with Crippen LogP contribution in [0.3, 0.4) is 0 Å². The highest BCUT2D eigenvalue weighted by atomic mass is 19.2. The molecular formula is C42H54F6N6O10. The first-order valence-corrected chi connectivity index (χ1v) is 20.4. The van der Waals surface area contributed by atoms with E-state index in [0.29, 0.717) is 34.4 Å². The molecule has 64 heavy (non-hydrogen) atoms. The van der Waals surface area contributed by atoms with Crippen LogP contribution in [0.25, 0.3) is 0 Å². The normalized spacial score (nSPS) is 18.3. The number of nitrogens with zero attached hydrogens (tertiary/aromatic N) is 4. The molecular weight excluding hydrogens is 862 g/mol. The molecule has 4 atom stereocenters. The molecule has 4 amide bonds. The monoisotopic (exact) mass is 916 g/mol. The van der Waals surface area contributed by atoms with Crippen molar-refractivity contribution in [1.82, 2.24) is 19.9 Å². The van der Waals surface area contributed by atoms with Gasteiger partial charge in [-0.3, -0.25) is 19.2 Å². The molecule has 4 rings (SSSR count). The third-order valence-electron chi connectivity index (χ3n) is 9.87. The smallest absolute Gasteiger partial charge is 0.333 e. The van der Waals surface area contributed by atoms with E-state index in [1.807, 2.05) is 0 Å². The van der Waals surface area contributed by atoms with Crippen molar-refractivity contribution in [2.45, 2.75) is 115 Å². The van der Waals surface area contributed by atoms with Gasteiger partial charge in [0.2, 0.25) is 11.8 Å². The first-order valence-electron chi connectivity index (χ1n) is 20.4. The maximum atomic E-state index is 14.2. The average Bonchev–Trinajstić information content (AvgIpc) is 3.17. The van der Waals surface area contributed by atoms with Gasteiger partial charge in [0.05, 0.1) is 50.3 Å². The highest BCUT2D eigenvalue weighted by molar-refractivity contribution is 5.91. The summed E-state index contributed by atoms with van der Waals surface area (Å²) < 4.78 is 94.3. The molecule has 22 heteroatoms. The van der Waals surface area contributed by atoms with E-state index < -0.39 is 132 Å². The van der Waals surface area contributed by atoms with E-state index in [1.165, 1.54) is 0 Å². The minimum absolute atomic E-state index is 0.167. The van der Waals surface area contributed by atoms with Crippen molar-refractivity contribution in [3.05, 3.63) is 70.3 Å². The first-order chi connectivity index (χ1) is 29.7. The number of benzene rings is 2. The zero-order chi connectivity index (χ0) is 47.8. The second-order valence-corrected chi connectivity index (χ2v) is 17.4. The molecule has 2 aromatic rings. The summed E-state index contributed by atoms with van der Waals surface area (Å²) >= 11 is 0. The Balaban J connectivity index is 1.33. The predicted molar refractivity (Wildman–Crippen MR) is 212 cm³/mol. The molecule has 0 spiro atoms. The first kappa shape index (κ1) is 51.3. The molecule has 16 nitrogen and oxygen atoms in total. The largest absolute Gasteiger partial charge is 0.373 e. The van der Waals surface area contributed by atoms with Gasteiger partial charge in [-0.25, -0.2) is 35.9 Å². The minimum Gasteiger partial charge on any atom is -0.373 e. The number of rotatable bonds is 17. The molecule has 0 saturated carbocycles. The van der Waals surface area contributed by atoms with Crippen LogP contribution in [0, 0.1) is 34.9 Å². The zero-order valence-electron chi connectivity index (χ0n) is 36.4. The fourth-order valence-corrected chi connectivity index (χ4v) is 6.66. The van der Waals surface area contributed by atoms with E-state index in [-0.39, 0.29) is 63.4 Å². The third kappa shape index (κ3) is 14.6. The Morgan fingerprint density at radius 3 is 1.23 bits per heavy atom. The molecule has 2 heterocycles. The number of carbonyl (C=O) groups excluding carboxylic acids is 6. The summed E-state index contributed by atoms with van der Waals surface area (Å²) in [6.45, 7) is 8.60. The lowest BCUT2D eigenvalue weighted by Crippen LogP contribution is -2.61. The van der Waals surface area contributed by atoms with Crippen LogP contribution in [0.1, 0.15) is 78.4 Å². The second-order valence-electron chi connectivity index (χ2n) is 17.4. The SMILES string of the molecule is CC(C)(C)OC[C@@H]1C(=O)N(OC(=O)CCC(=O)ON2CCN(C(=O)C[C@H](N)Cc3cc(F)c(F)cc3F)[C@H](COC(C)(C)C)C2=O)CCN1C(=O)C[C@H](N)Cc1cc(F)c(F)cc1F. The second kappa shape index (κ2) is 21.6. The van der Waals surface area contributed by atoms with Crippen LogP contribution < -0.4 is 11.5 Å². The Labute approximate surface area is 365 Å². The fourth-order valence-electron chi connectivity index (χ4n) is 6.66. The number of carbonyl (C=O) groups is 6. The predicted octanol–water partition coefficient (Wildman–Crippen LogP) is 3.15. The molecule has 4 N–H and O–H groups in total. The van der Waals surface area contributed by atoms with Gasteiger partial charge in [0.1, 0.15) is 23.7 Å². The molecule has 2 aliphatic rings. The van der Waals surface area contributed by atoms with E-state index in [9.17, 15) is 55.1 Å². The summed E-state index contributed by atoms with van der Waals surface area (Å²) in [5.41, 5.74) is 10.1. The average molecular weight is 917 g/mol. The van der Waals surface area contributed by atoms with Crippen LogP contribution in [-0.2, 0) is 60.8 Å². The summed E-state index contributed by atoms with van der Waals surface area (Å²) in [5.74, 6) is -12.5. The minimum atomic E-state index is -1.39. The van der Waals surface area contributed by atoms with Crippen molar-refractivity contribution in [2.24, 2.45) is 11.5 Å². The van der Waals surface area contributed by atoms with E-state index in [4.69, 9.17) is 30.6 Å². The Kier molecular flexibility index (Phi) is 17.3. The number of hydrogen-bond donors (Lipinski definition) is 2. The Morgan fingerprint density at radius 2 is 0.906 bits per heavy atom. The Bertz CT molecular complexity index is 1920. The summed E-state index contributed by atoms with van der Waals surface area (Å²) in [6, 6.07) is -2.70. The Morgan fingerprint density at radius 1 is 0.578 bits per heavy atom. The number of hydrogen-bond acceptors (Lipinski definition) is 12. The number of halogens is 6. The number of piperazine rings is 2. The number of nitrogens with two attached hydrogens (primary N) is 2. The highest BCUT2D eigenvalue weighted by Gasteiger charge is 2.42. The molecule has 0 aliphatic carbocycles. The third-order valence-corrected chi connectivity index (χ3v) is 9.87. The standard InChI is InChI=1S/C42H54F6N6O10/c1-41(2,3)61-21-33-39(59)53(11-9-51(33)35(55)17-25(49)13-23-15-29(45)31(47)19-27(23)43)63-37(57)7-8-38(58)64-54-12-10-52(34(40(54)60)22-62-42(4,5)6)36(56)18-26(50)14-24-16-30(46)32(48)20-28(24)44/h15-16,19-20,25-26,33-34H,7-14,17-18,21-22,49-50H2,1-6H3/t25-,26-,33-,34-/m1/s1. The van der Waals surface area contributed by atoms with E-state index >= 15 is 0 Å². The number of hydroxylamine groups is 4. The summed E-state index contributed by atoms with van der Waals surface area (Å²) in [7, 11) is 0. The lowest BCUT2D eigenvalue weighted by atomic mass is 10.0. The summed E-state index contributed by atoms with van der Waals surface area (Å²) in [4.78, 5) is 92.7. The van der Waals surface area contributed by atoms with Crippen LogP contribution in [-0.4, -0.2) is 130 Å². The lowest BCUT2D eigenvalue weighted by molar-refractivity contribution is -0.215. The van der Waals surface area contributed by atoms with E-state index in [2.05, 4.69) is 0 Å². The Hall–Kier alpha value is -5.32. The van der Waals surface area contributed by atoms with E-state index in [1.54, 1.807) is 41.5 Å². The van der Waals surface area contributed by atoms with Crippen molar-refractivity contribution in [3.63, 3.8) is 0 Å². The number of amides is 4. The maximum absolute atomic E-state index is 14.2. The van der Waals surface area contributed by atoms with Crippen molar-refractivity contribution >= 4 is 35.6 Å². The van der Waals surface area contributed by atoms with Crippen LogP contribution in [0.15, 0.2) is 24.3 Å². The molecule has 2 saturated heterocycles. The molecule has 0 bridgehead atoms. The highest BCUT2D eigenvalue weighted by Crippen LogP contribution is 2.23. The van der Waals surface area contributed by atoms with Gasteiger partial charge in [0.25, 0.3) is 11.8 Å². The molecule has 2 aliphatic heterocycles. The molecule has 0 radical (unpaired) electrons. The summed E-state index contributed by atoms with van der Waals surface area (Å²) in [5, 5.41) is 1.43. The van der Waals surface area contributed by atoms with Crippen LogP contribution in [0.5, 0.6) is 0 Å². The summed E-state index contributed by atoms with van der Waals surface area (Å²) in [6.07, 6.45) is -2.74. The van der Waals surface area contributed by atoms with Gasteiger partial charge in [-0.1, -0.05) is 0 Å². The van der Waals surface area contributed by atoms with Crippen molar-refractivity contribution in [3.8, 4) is 0 Å². The van der Waals surface area contributed by atoms with Crippen LogP contribution >= 0.6 is 0 Å². The zero-order valence-corrected chi connectivity index (χ0v) is 36.4. The quantitative estimate of drug-likeness (QED) is 0.174. The van der Waals surface area contributed by atoms with Crippen molar-refractivity contribution < 1.29 is 74.3 Å². The topological polar surface area (TPSA) is 204 Å².